The number of nitrogens with zero attached hydrogens (tertiary/aromatic N) is 2. The summed E-state index contributed by atoms with van der Waals surface area (Å²) >= 11 is 0. The van der Waals surface area contributed by atoms with E-state index in [1.165, 1.54) is 12.1 Å². The lowest BCUT2D eigenvalue weighted by molar-refractivity contribution is 0.251. The Labute approximate surface area is 163 Å². The topological polar surface area (TPSA) is 66.5 Å². The molecule has 1 aromatic heterocycles. The number of benzene rings is 2. The highest BCUT2D eigenvalue weighted by atomic mass is 19.1. The summed E-state index contributed by atoms with van der Waals surface area (Å²) in [7, 11) is 3.78. The van der Waals surface area contributed by atoms with Crippen LogP contribution in [0.2, 0.25) is 0 Å². The summed E-state index contributed by atoms with van der Waals surface area (Å²) in [5.41, 5.74) is 0.857. The lowest BCUT2D eigenvalue weighted by Gasteiger charge is -2.14. The zero-order valence-corrected chi connectivity index (χ0v) is 15.6. The predicted octanol–water partition coefficient (Wildman–Crippen LogP) is 4.40. The second-order valence-corrected chi connectivity index (χ2v) is 6.25. The number of anilines is 2. The fourth-order valence-electron chi connectivity index (χ4n) is 2.48. The quantitative estimate of drug-likeness (QED) is 0.665. The van der Waals surface area contributed by atoms with Gasteiger partial charge >= 0.3 is 6.03 Å². The largest absolute Gasteiger partial charge is 0.455 e. The van der Waals surface area contributed by atoms with Gasteiger partial charge in [-0.15, -0.1) is 0 Å². The maximum Gasteiger partial charge on any atom is 0.319 e. The van der Waals surface area contributed by atoms with Gasteiger partial charge in [0.05, 0.1) is 0 Å². The highest BCUT2D eigenvalue weighted by Crippen LogP contribution is 2.31. The number of urea groups is 1. The molecule has 0 bridgehead atoms. The number of hydrogen-bond donors (Lipinski definition) is 2. The Morgan fingerprint density at radius 3 is 2.64 bits per heavy atom. The van der Waals surface area contributed by atoms with Crippen LogP contribution in [-0.2, 0) is 6.54 Å². The number of rotatable bonds is 6. The van der Waals surface area contributed by atoms with Crippen molar-refractivity contribution in [1.29, 1.82) is 0 Å². The number of para-hydroxylation sites is 2. The molecule has 6 nitrogen and oxygen atoms in total. The van der Waals surface area contributed by atoms with Gasteiger partial charge in [-0.3, -0.25) is 0 Å². The Morgan fingerprint density at radius 1 is 1.11 bits per heavy atom. The third-order valence-electron chi connectivity index (χ3n) is 3.91. The molecule has 144 valence electrons. The fraction of sp³-hybridized carbons (Fsp3) is 0.143. The highest BCUT2D eigenvalue weighted by molar-refractivity contribution is 5.91. The molecule has 3 aromatic rings. The lowest BCUT2D eigenvalue weighted by Crippen LogP contribution is -2.28. The van der Waals surface area contributed by atoms with E-state index in [1.54, 1.807) is 30.5 Å². The van der Waals surface area contributed by atoms with Crippen molar-refractivity contribution in [2.24, 2.45) is 0 Å². The summed E-state index contributed by atoms with van der Waals surface area (Å²) < 4.78 is 20.0. The molecule has 0 aliphatic heterocycles. The SMILES string of the molecule is CN(C)c1cc(CNC(=O)Nc2c(F)cccc2Oc2ccccc2)ccn1. The molecule has 0 aliphatic carbocycles. The third kappa shape index (κ3) is 4.97. The van der Waals surface area contributed by atoms with Crippen molar-refractivity contribution in [2.45, 2.75) is 6.54 Å². The molecule has 1 heterocycles. The molecular formula is C21H21FN4O2. The molecule has 2 aromatic carbocycles. The van der Waals surface area contributed by atoms with Crippen LogP contribution in [0.1, 0.15) is 5.56 Å². The van der Waals surface area contributed by atoms with E-state index in [4.69, 9.17) is 4.74 Å². The van der Waals surface area contributed by atoms with E-state index in [-0.39, 0.29) is 18.0 Å². The van der Waals surface area contributed by atoms with Gasteiger partial charge in [-0.2, -0.15) is 0 Å². The van der Waals surface area contributed by atoms with E-state index in [1.807, 2.05) is 43.3 Å². The van der Waals surface area contributed by atoms with Gasteiger partial charge in [0.2, 0.25) is 0 Å². The Bertz CT molecular complexity index is 948. The second-order valence-electron chi connectivity index (χ2n) is 6.25. The molecule has 0 saturated heterocycles. The minimum Gasteiger partial charge on any atom is -0.455 e. The van der Waals surface area contributed by atoms with Crippen LogP contribution in [0, 0.1) is 5.82 Å². The average molecular weight is 380 g/mol. The number of pyridine rings is 1. The highest BCUT2D eigenvalue weighted by Gasteiger charge is 2.14. The summed E-state index contributed by atoms with van der Waals surface area (Å²) in [4.78, 5) is 18.4. The zero-order chi connectivity index (χ0) is 19.9. The molecule has 0 unspecified atom stereocenters. The van der Waals surface area contributed by atoms with Gasteiger partial charge in [0.1, 0.15) is 17.3 Å². The first-order valence-electron chi connectivity index (χ1n) is 8.71. The second kappa shape index (κ2) is 8.85. The van der Waals surface area contributed by atoms with E-state index >= 15 is 0 Å². The average Bonchev–Trinajstić information content (AvgIpc) is 2.70. The van der Waals surface area contributed by atoms with Gasteiger partial charge in [-0.1, -0.05) is 24.3 Å². The maximum atomic E-state index is 14.3. The van der Waals surface area contributed by atoms with Gasteiger partial charge in [0.15, 0.2) is 11.6 Å². The van der Waals surface area contributed by atoms with Crippen LogP contribution in [0.4, 0.5) is 20.7 Å². The fourth-order valence-corrected chi connectivity index (χ4v) is 2.48. The van der Waals surface area contributed by atoms with E-state index in [9.17, 15) is 9.18 Å². The summed E-state index contributed by atoms with van der Waals surface area (Å²) in [6, 6.07) is 16.5. The van der Waals surface area contributed by atoms with Crippen molar-refractivity contribution in [3.8, 4) is 11.5 Å². The molecule has 2 N–H and O–H groups in total. The molecule has 0 fully saturated rings. The minimum atomic E-state index is -0.581. The molecule has 0 radical (unpaired) electrons. The van der Waals surface area contributed by atoms with Crippen LogP contribution in [0.15, 0.2) is 66.9 Å². The minimum absolute atomic E-state index is 0.0208. The Kier molecular flexibility index (Phi) is 6.06. The lowest BCUT2D eigenvalue weighted by atomic mass is 10.2. The van der Waals surface area contributed by atoms with Gasteiger partial charge < -0.3 is 20.3 Å². The number of nitrogens with one attached hydrogen (secondary N) is 2. The Balaban J connectivity index is 1.68. The first-order chi connectivity index (χ1) is 13.5. The van der Waals surface area contributed by atoms with Crippen LogP contribution in [-0.4, -0.2) is 25.1 Å². The van der Waals surface area contributed by atoms with Crippen LogP contribution in [0.5, 0.6) is 11.5 Å². The van der Waals surface area contributed by atoms with Gasteiger partial charge in [-0.05, 0) is 42.0 Å². The summed E-state index contributed by atoms with van der Waals surface area (Å²) in [5.74, 6) is 0.972. The van der Waals surface area contributed by atoms with Gasteiger partial charge in [0, 0.05) is 26.8 Å². The first kappa shape index (κ1) is 19.2. The monoisotopic (exact) mass is 380 g/mol. The summed E-state index contributed by atoms with van der Waals surface area (Å²) in [6.07, 6.45) is 1.67. The van der Waals surface area contributed by atoms with Crippen molar-refractivity contribution in [3.05, 3.63) is 78.2 Å². The normalized spacial score (nSPS) is 10.2. The standard InChI is InChI=1S/C21H21FN4O2/c1-26(2)19-13-15(11-12-23-19)14-24-21(27)25-20-17(22)9-6-10-18(20)28-16-7-4-3-5-8-16/h3-13H,14H2,1-2H3,(H2,24,25,27). The van der Waals surface area contributed by atoms with E-state index < -0.39 is 11.8 Å². The number of ether oxygens (including phenoxy) is 1. The molecule has 0 saturated carbocycles. The van der Waals surface area contributed by atoms with Crippen LogP contribution in [0.25, 0.3) is 0 Å². The maximum absolute atomic E-state index is 14.3. The van der Waals surface area contributed by atoms with Crippen molar-refractivity contribution in [2.75, 3.05) is 24.3 Å². The van der Waals surface area contributed by atoms with Crippen LogP contribution >= 0.6 is 0 Å². The number of carbonyl (C=O) groups is 1. The molecule has 0 spiro atoms. The molecule has 0 aliphatic rings. The number of halogens is 1. The van der Waals surface area contributed by atoms with Gasteiger partial charge in [-0.25, -0.2) is 14.2 Å². The van der Waals surface area contributed by atoms with Gasteiger partial charge in [0.25, 0.3) is 0 Å². The number of carbonyl (C=O) groups excluding carboxylic acids is 1. The van der Waals surface area contributed by atoms with E-state index in [2.05, 4.69) is 15.6 Å². The number of amides is 2. The van der Waals surface area contributed by atoms with Crippen molar-refractivity contribution >= 4 is 17.5 Å². The molecule has 7 heteroatoms. The molecule has 0 atom stereocenters. The molecule has 3 rings (SSSR count). The Morgan fingerprint density at radius 2 is 1.89 bits per heavy atom. The number of hydrogen-bond acceptors (Lipinski definition) is 4. The molecule has 28 heavy (non-hydrogen) atoms. The number of aromatic nitrogens is 1. The van der Waals surface area contributed by atoms with Crippen LogP contribution in [0.3, 0.4) is 0 Å². The van der Waals surface area contributed by atoms with Crippen molar-refractivity contribution < 1.29 is 13.9 Å². The molecule has 2 amide bonds. The van der Waals surface area contributed by atoms with E-state index in [0.717, 1.165) is 11.4 Å². The Hall–Kier alpha value is -3.61. The smallest absolute Gasteiger partial charge is 0.319 e. The molecular weight excluding hydrogens is 359 g/mol. The zero-order valence-electron chi connectivity index (χ0n) is 15.6. The first-order valence-corrected chi connectivity index (χ1v) is 8.71. The third-order valence-corrected chi connectivity index (χ3v) is 3.91. The summed E-state index contributed by atoms with van der Waals surface area (Å²) in [6.45, 7) is 0.276. The van der Waals surface area contributed by atoms with Crippen molar-refractivity contribution in [1.82, 2.24) is 10.3 Å². The van der Waals surface area contributed by atoms with Crippen LogP contribution < -0.4 is 20.3 Å². The van der Waals surface area contributed by atoms with E-state index in [0.29, 0.717) is 5.75 Å². The van der Waals surface area contributed by atoms with Crippen molar-refractivity contribution in [3.63, 3.8) is 0 Å². The summed E-state index contributed by atoms with van der Waals surface area (Å²) in [5, 5.41) is 5.24. The predicted molar refractivity (Wildman–Crippen MR) is 107 cm³/mol.